The lowest BCUT2D eigenvalue weighted by Gasteiger charge is -2.65. The molecule has 2 bridgehead atoms. The van der Waals surface area contributed by atoms with E-state index in [2.05, 4.69) is 10.2 Å². The maximum atomic E-state index is 13.2. The number of amides is 2. The first-order chi connectivity index (χ1) is 17.7. The molecule has 1 saturated heterocycles. The number of primary amides is 1. The number of benzene rings is 2. The van der Waals surface area contributed by atoms with Gasteiger partial charge in [0.2, 0.25) is 0 Å². The Kier molecular flexibility index (Phi) is 5.84. The number of phenols is 1. The van der Waals surface area contributed by atoms with Crippen molar-refractivity contribution in [3.63, 3.8) is 0 Å². The summed E-state index contributed by atoms with van der Waals surface area (Å²) < 4.78 is 0. The number of carbonyl (C=O) groups excluding carboxylic acids is 2. The number of piperidine rings is 1. The number of hydrogen-bond acceptors (Lipinski definition) is 5. The molecule has 7 heteroatoms. The molecule has 0 radical (unpaired) electrons. The molecular formula is C30H37N3O4. The first-order valence-corrected chi connectivity index (χ1v) is 13.7. The van der Waals surface area contributed by atoms with Gasteiger partial charge in [-0.15, -0.1) is 0 Å². The predicted octanol–water partition coefficient (Wildman–Crippen LogP) is 3.18. The number of hydrogen-bond donors (Lipinski definition) is 4. The summed E-state index contributed by atoms with van der Waals surface area (Å²) in [6.45, 7) is 3.78. The highest BCUT2D eigenvalue weighted by Gasteiger charge is 2.65. The molecule has 7 nitrogen and oxygen atoms in total. The van der Waals surface area contributed by atoms with Crippen LogP contribution in [0.2, 0.25) is 0 Å². The minimum atomic E-state index is -1.06. The van der Waals surface area contributed by atoms with Gasteiger partial charge in [-0.2, -0.15) is 0 Å². The molecule has 3 aliphatic carbocycles. The average Bonchev–Trinajstić information content (AvgIpc) is 2.82. The van der Waals surface area contributed by atoms with Crippen molar-refractivity contribution in [2.75, 3.05) is 13.1 Å². The first kappa shape index (κ1) is 24.4. The van der Waals surface area contributed by atoms with E-state index in [0.29, 0.717) is 49.1 Å². The Morgan fingerprint density at radius 3 is 2.68 bits per heavy atom. The van der Waals surface area contributed by atoms with Gasteiger partial charge in [0.1, 0.15) is 5.75 Å². The number of aromatic hydroxyl groups is 1. The van der Waals surface area contributed by atoms with Crippen molar-refractivity contribution in [2.45, 2.75) is 81.4 Å². The fourth-order valence-electron chi connectivity index (χ4n) is 7.82. The zero-order valence-corrected chi connectivity index (χ0v) is 21.5. The van der Waals surface area contributed by atoms with Gasteiger partial charge in [0, 0.05) is 35.2 Å². The molecule has 196 valence electrons. The number of aliphatic hydroxyl groups is 1. The van der Waals surface area contributed by atoms with Crippen molar-refractivity contribution in [3.05, 3.63) is 64.2 Å². The van der Waals surface area contributed by atoms with E-state index in [1.54, 1.807) is 6.07 Å². The van der Waals surface area contributed by atoms with Gasteiger partial charge in [0.15, 0.2) is 0 Å². The third-order valence-electron chi connectivity index (χ3n) is 9.87. The number of nitrogens with zero attached hydrogens (tertiary/aromatic N) is 1. The van der Waals surface area contributed by atoms with Gasteiger partial charge in [0.05, 0.1) is 11.2 Å². The van der Waals surface area contributed by atoms with E-state index in [-0.39, 0.29) is 29.3 Å². The van der Waals surface area contributed by atoms with Crippen molar-refractivity contribution in [2.24, 2.45) is 11.7 Å². The number of rotatable bonds is 5. The highest BCUT2D eigenvalue weighted by Crippen LogP contribution is 2.60. The van der Waals surface area contributed by atoms with Gasteiger partial charge in [-0.3, -0.25) is 14.5 Å². The van der Waals surface area contributed by atoms with Gasteiger partial charge in [-0.05, 0) is 88.1 Å². The zero-order chi connectivity index (χ0) is 25.9. The largest absolute Gasteiger partial charge is 0.507 e. The van der Waals surface area contributed by atoms with Gasteiger partial charge in [-0.1, -0.05) is 30.2 Å². The van der Waals surface area contributed by atoms with E-state index >= 15 is 0 Å². The minimum Gasteiger partial charge on any atom is -0.507 e. The lowest BCUT2D eigenvalue weighted by atomic mass is 9.48. The van der Waals surface area contributed by atoms with Crippen LogP contribution in [0.5, 0.6) is 5.75 Å². The maximum absolute atomic E-state index is 13.2. The van der Waals surface area contributed by atoms with Crippen LogP contribution < -0.4 is 11.1 Å². The maximum Gasteiger partial charge on any atom is 0.252 e. The summed E-state index contributed by atoms with van der Waals surface area (Å²) >= 11 is 0. The monoisotopic (exact) mass is 503 g/mol. The molecule has 37 heavy (non-hydrogen) atoms. The molecule has 2 saturated carbocycles. The van der Waals surface area contributed by atoms with Crippen LogP contribution >= 0.6 is 0 Å². The second kappa shape index (κ2) is 8.84. The molecule has 6 rings (SSSR count). The van der Waals surface area contributed by atoms with E-state index in [4.69, 9.17) is 5.73 Å². The number of nitrogens with one attached hydrogen (secondary N) is 1. The first-order valence-electron chi connectivity index (χ1n) is 13.7. The second-order valence-electron chi connectivity index (χ2n) is 11.9. The molecule has 3 fully saturated rings. The molecule has 5 N–H and O–H groups in total. The van der Waals surface area contributed by atoms with Crippen molar-refractivity contribution >= 4 is 11.8 Å². The Balaban J connectivity index is 1.39. The minimum absolute atomic E-state index is 0.0541. The van der Waals surface area contributed by atoms with Crippen molar-refractivity contribution < 1.29 is 19.8 Å². The summed E-state index contributed by atoms with van der Waals surface area (Å²) in [4.78, 5) is 27.8. The fourth-order valence-corrected chi connectivity index (χ4v) is 7.82. The van der Waals surface area contributed by atoms with Crippen molar-refractivity contribution in [1.82, 2.24) is 10.2 Å². The third kappa shape index (κ3) is 3.77. The normalized spacial score (nSPS) is 31.1. The number of likely N-dealkylation sites (tertiary alicyclic amines) is 1. The molecule has 4 unspecified atom stereocenters. The van der Waals surface area contributed by atoms with Gasteiger partial charge in [-0.25, -0.2) is 0 Å². The van der Waals surface area contributed by atoms with Crippen LogP contribution in [-0.4, -0.2) is 57.7 Å². The molecule has 2 aromatic rings. The molecule has 4 aliphatic rings. The van der Waals surface area contributed by atoms with E-state index < -0.39 is 16.9 Å². The molecule has 1 aliphatic heterocycles. The van der Waals surface area contributed by atoms with Gasteiger partial charge in [0.25, 0.3) is 11.8 Å². The third-order valence-corrected chi connectivity index (χ3v) is 9.87. The Labute approximate surface area is 218 Å². The van der Waals surface area contributed by atoms with E-state index in [1.807, 2.05) is 37.3 Å². The summed E-state index contributed by atoms with van der Waals surface area (Å²) in [6.07, 6.45) is 6.77. The number of carbonyl (C=O) groups is 2. The average molecular weight is 504 g/mol. The van der Waals surface area contributed by atoms with E-state index in [9.17, 15) is 19.8 Å². The summed E-state index contributed by atoms with van der Waals surface area (Å²) in [7, 11) is 0. The van der Waals surface area contributed by atoms with Crippen LogP contribution in [0, 0.1) is 12.8 Å². The quantitative estimate of drug-likeness (QED) is 0.500. The highest BCUT2D eigenvalue weighted by atomic mass is 16.3. The molecule has 0 spiro atoms. The van der Waals surface area contributed by atoms with Crippen LogP contribution in [-0.2, 0) is 11.8 Å². The molecule has 1 heterocycles. The van der Waals surface area contributed by atoms with Crippen LogP contribution in [0.3, 0.4) is 0 Å². The lowest BCUT2D eigenvalue weighted by molar-refractivity contribution is -0.173. The van der Waals surface area contributed by atoms with Crippen LogP contribution in [0.1, 0.15) is 82.4 Å². The standard InChI is InChI=1S/C30H37N3O4/c1-18-4-2-7-21(14-18)28(36)32-22-10-11-30(37)24-15-20-8-9-23(27(31)35)26(34)25(20)29(30,16-22)12-13-33(24)17-19-5-3-6-19/h2,4,7-9,14,19,22,24,34,37H,3,5-6,10-13,15-17H2,1H3,(H2,31,35)(H,32,36). The summed E-state index contributed by atoms with van der Waals surface area (Å²) in [5.74, 6) is -0.210. The Bertz CT molecular complexity index is 1260. The fraction of sp³-hybridized carbons (Fsp3) is 0.533. The van der Waals surface area contributed by atoms with E-state index in [1.165, 1.54) is 19.3 Å². The molecule has 2 aromatic carbocycles. The smallest absolute Gasteiger partial charge is 0.252 e. The second-order valence-corrected chi connectivity index (χ2v) is 11.9. The Hall–Kier alpha value is -2.90. The number of fused-ring (bicyclic) bond motifs is 1. The predicted molar refractivity (Wildman–Crippen MR) is 141 cm³/mol. The molecule has 2 amide bonds. The zero-order valence-electron chi connectivity index (χ0n) is 21.5. The number of aryl methyl sites for hydroxylation is 1. The van der Waals surface area contributed by atoms with Gasteiger partial charge < -0.3 is 21.3 Å². The summed E-state index contributed by atoms with van der Waals surface area (Å²) in [5.41, 5.74) is 7.18. The highest BCUT2D eigenvalue weighted by molar-refractivity contribution is 5.96. The number of nitrogens with two attached hydrogens (primary N) is 1. The van der Waals surface area contributed by atoms with Crippen LogP contribution in [0.25, 0.3) is 0 Å². The topological polar surface area (TPSA) is 116 Å². The summed E-state index contributed by atoms with van der Waals surface area (Å²) in [6, 6.07) is 10.8. The molecule has 4 atom stereocenters. The SMILES string of the molecule is Cc1cccc(C(=O)NC2CCC3(O)C4Cc5ccc(C(N)=O)c(O)c5C3(CCN4CC3CCC3)C2)c1. The van der Waals surface area contributed by atoms with E-state index in [0.717, 1.165) is 24.2 Å². The lowest BCUT2D eigenvalue weighted by Crippen LogP contribution is -2.74. The van der Waals surface area contributed by atoms with Gasteiger partial charge >= 0.3 is 0 Å². The summed E-state index contributed by atoms with van der Waals surface area (Å²) in [5, 5.41) is 27.2. The van der Waals surface area contributed by atoms with Crippen LogP contribution in [0.15, 0.2) is 36.4 Å². The van der Waals surface area contributed by atoms with Crippen molar-refractivity contribution in [1.29, 1.82) is 0 Å². The Morgan fingerprint density at radius 2 is 1.97 bits per heavy atom. The van der Waals surface area contributed by atoms with Crippen molar-refractivity contribution in [3.8, 4) is 5.75 Å². The van der Waals surface area contributed by atoms with Crippen LogP contribution in [0.4, 0.5) is 0 Å². The molecular weight excluding hydrogens is 466 g/mol. The Morgan fingerprint density at radius 1 is 1.16 bits per heavy atom. The molecule has 0 aromatic heterocycles.